The summed E-state index contributed by atoms with van der Waals surface area (Å²) in [6.07, 6.45) is 0.585. The number of rotatable bonds is 3. The number of esters is 2. The molecule has 1 saturated heterocycles. The SMILES string of the molecule is CC[C@@](C)(c1cc(C)oc1C)C1C(=O)OC(C)(C)OC1=O. The van der Waals surface area contributed by atoms with Crippen LogP contribution >= 0.6 is 0 Å². The first-order valence-electron chi connectivity index (χ1n) is 7.14. The summed E-state index contributed by atoms with van der Waals surface area (Å²) in [5.74, 6) is -1.81. The van der Waals surface area contributed by atoms with Gasteiger partial charge in [-0.2, -0.15) is 0 Å². The molecule has 5 heteroatoms. The Labute approximate surface area is 124 Å². The van der Waals surface area contributed by atoms with Crippen LogP contribution in [0.1, 0.15) is 51.2 Å². The van der Waals surface area contributed by atoms with E-state index in [0.29, 0.717) is 12.2 Å². The van der Waals surface area contributed by atoms with Gasteiger partial charge < -0.3 is 13.9 Å². The van der Waals surface area contributed by atoms with Crippen LogP contribution in [0.25, 0.3) is 0 Å². The van der Waals surface area contributed by atoms with Crippen molar-refractivity contribution in [3.63, 3.8) is 0 Å². The second kappa shape index (κ2) is 4.90. The third kappa shape index (κ3) is 2.57. The van der Waals surface area contributed by atoms with Crippen molar-refractivity contribution in [2.75, 3.05) is 0 Å². The Bertz CT molecular complexity index is 563. The van der Waals surface area contributed by atoms with E-state index >= 15 is 0 Å². The second-order valence-corrected chi connectivity index (χ2v) is 6.27. The van der Waals surface area contributed by atoms with Crippen LogP contribution in [-0.2, 0) is 24.5 Å². The lowest BCUT2D eigenvalue weighted by atomic mass is 9.69. The minimum atomic E-state index is -1.21. The summed E-state index contributed by atoms with van der Waals surface area (Å²) < 4.78 is 16.1. The zero-order valence-electron chi connectivity index (χ0n) is 13.4. The first-order valence-corrected chi connectivity index (χ1v) is 7.14. The zero-order valence-corrected chi connectivity index (χ0v) is 13.4. The molecule has 2 rings (SSSR count). The summed E-state index contributed by atoms with van der Waals surface area (Å²) in [7, 11) is 0. The molecule has 1 atom stereocenters. The molecule has 0 spiro atoms. The lowest BCUT2D eigenvalue weighted by Crippen LogP contribution is -2.53. The molecule has 0 radical (unpaired) electrons. The average molecular weight is 294 g/mol. The van der Waals surface area contributed by atoms with E-state index in [9.17, 15) is 9.59 Å². The van der Waals surface area contributed by atoms with Crippen molar-refractivity contribution >= 4 is 11.9 Å². The predicted molar refractivity (Wildman–Crippen MR) is 75.6 cm³/mol. The summed E-state index contributed by atoms with van der Waals surface area (Å²) in [5, 5.41) is 0. The van der Waals surface area contributed by atoms with Crippen molar-refractivity contribution in [1.82, 2.24) is 0 Å². The molecule has 0 amide bonds. The summed E-state index contributed by atoms with van der Waals surface area (Å²) in [5.41, 5.74) is 0.132. The van der Waals surface area contributed by atoms with E-state index in [1.54, 1.807) is 13.8 Å². The van der Waals surface area contributed by atoms with Crippen molar-refractivity contribution in [1.29, 1.82) is 0 Å². The highest BCUT2D eigenvalue weighted by Gasteiger charge is 2.53. The van der Waals surface area contributed by atoms with Crippen LogP contribution in [0.5, 0.6) is 0 Å². The molecule has 0 saturated carbocycles. The van der Waals surface area contributed by atoms with Gasteiger partial charge in [-0.25, -0.2) is 0 Å². The fourth-order valence-corrected chi connectivity index (χ4v) is 2.99. The number of carbonyl (C=O) groups excluding carboxylic acids is 2. The molecule has 1 aliphatic heterocycles. The van der Waals surface area contributed by atoms with Gasteiger partial charge in [0, 0.05) is 24.8 Å². The average Bonchev–Trinajstić information content (AvgIpc) is 2.66. The molecule has 116 valence electrons. The fraction of sp³-hybridized carbons (Fsp3) is 0.625. The van der Waals surface area contributed by atoms with E-state index < -0.39 is 29.1 Å². The third-order valence-corrected chi connectivity index (χ3v) is 4.19. The van der Waals surface area contributed by atoms with Crippen LogP contribution in [0.15, 0.2) is 10.5 Å². The van der Waals surface area contributed by atoms with E-state index in [1.165, 1.54) is 0 Å². The van der Waals surface area contributed by atoms with Gasteiger partial charge in [-0.05, 0) is 26.3 Å². The summed E-state index contributed by atoms with van der Waals surface area (Å²) in [6.45, 7) is 10.6. The topological polar surface area (TPSA) is 65.7 Å². The van der Waals surface area contributed by atoms with E-state index in [2.05, 4.69) is 0 Å². The predicted octanol–water partition coefficient (Wildman–Crippen LogP) is 3.02. The largest absolute Gasteiger partial charge is 0.466 e. The summed E-state index contributed by atoms with van der Waals surface area (Å²) in [4.78, 5) is 24.7. The molecule has 0 N–H and O–H groups in total. The zero-order chi connectivity index (χ0) is 16.0. The van der Waals surface area contributed by atoms with Crippen molar-refractivity contribution in [2.24, 2.45) is 5.92 Å². The smallest absolute Gasteiger partial charge is 0.324 e. The lowest BCUT2D eigenvalue weighted by Gasteiger charge is -2.40. The van der Waals surface area contributed by atoms with Gasteiger partial charge in [-0.3, -0.25) is 9.59 Å². The lowest BCUT2D eigenvalue weighted by molar-refractivity contribution is -0.243. The van der Waals surface area contributed by atoms with Crippen LogP contribution in [-0.4, -0.2) is 17.7 Å². The molecule has 1 aromatic rings. The maximum Gasteiger partial charge on any atom is 0.324 e. The molecule has 0 aromatic carbocycles. The fourth-order valence-electron chi connectivity index (χ4n) is 2.99. The van der Waals surface area contributed by atoms with E-state index in [-0.39, 0.29) is 0 Å². The standard InChI is InChI=1S/C16H22O5/c1-7-16(6,11-8-9(2)19-10(11)3)12-13(17)20-15(4,5)21-14(12)18/h8,12H,7H2,1-6H3/t16-/m0/s1. The Morgan fingerprint density at radius 1 is 1.19 bits per heavy atom. The first kappa shape index (κ1) is 15.6. The van der Waals surface area contributed by atoms with E-state index in [1.807, 2.05) is 33.8 Å². The van der Waals surface area contributed by atoms with Gasteiger partial charge in [-0.15, -0.1) is 0 Å². The minimum absolute atomic E-state index is 0.543. The van der Waals surface area contributed by atoms with Gasteiger partial charge >= 0.3 is 11.9 Å². The van der Waals surface area contributed by atoms with Crippen LogP contribution in [0.4, 0.5) is 0 Å². The number of carbonyl (C=O) groups is 2. The highest BCUT2D eigenvalue weighted by atomic mass is 16.7. The van der Waals surface area contributed by atoms with Gasteiger partial charge in [0.1, 0.15) is 11.5 Å². The summed E-state index contributed by atoms with van der Waals surface area (Å²) in [6, 6.07) is 1.87. The Morgan fingerprint density at radius 3 is 2.10 bits per heavy atom. The van der Waals surface area contributed by atoms with E-state index in [4.69, 9.17) is 13.9 Å². The maximum absolute atomic E-state index is 12.4. The number of furan rings is 1. The van der Waals surface area contributed by atoms with E-state index in [0.717, 1.165) is 11.3 Å². The number of aryl methyl sites for hydroxylation is 2. The van der Waals surface area contributed by atoms with Crippen molar-refractivity contribution in [2.45, 2.75) is 59.2 Å². The van der Waals surface area contributed by atoms with Crippen LogP contribution < -0.4 is 0 Å². The first-order chi connectivity index (χ1) is 9.60. The summed E-state index contributed by atoms with van der Waals surface area (Å²) >= 11 is 0. The Hall–Kier alpha value is -1.78. The van der Waals surface area contributed by atoms with Crippen LogP contribution in [0.3, 0.4) is 0 Å². The van der Waals surface area contributed by atoms with Gasteiger partial charge in [0.15, 0.2) is 5.92 Å². The molecule has 1 fully saturated rings. The molecular formula is C16H22O5. The Kier molecular flexibility index (Phi) is 3.64. The molecule has 0 unspecified atom stereocenters. The van der Waals surface area contributed by atoms with Crippen molar-refractivity contribution in [3.05, 3.63) is 23.2 Å². The van der Waals surface area contributed by atoms with Crippen molar-refractivity contribution < 1.29 is 23.5 Å². The van der Waals surface area contributed by atoms with Crippen LogP contribution in [0.2, 0.25) is 0 Å². The van der Waals surface area contributed by atoms with Crippen molar-refractivity contribution in [3.8, 4) is 0 Å². The normalized spacial score (nSPS) is 21.6. The highest BCUT2D eigenvalue weighted by molar-refractivity contribution is 5.98. The maximum atomic E-state index is 12.4. The van der Waals surface area contributed by atoms with Gasteiger partial charge in [-0.1, -0.05) is 13.8 Å². The molecule has 5 nitrogen and oxygen atoms in total. The van der Waals surface area contributed by atoms with Gasteiger partial charge in [0.2, 0.25) is 0 Å². The minimum Gasteiger partial charge on any atom is -0.466 e. The van der Waals surface area contributed by atoms with Crippen LogP contribution in [0, 0.1) is 19.8 Å². The number of cyclic esters (lactones) is 2. The molecule has 0 bridgehead atoms. The third-order valence-electron chi connectivity index (χ3n) is 4.19. The van der Waals surface area contributed by atoms with Gasteiger partial charge in [0.25, 0.3) is 5.79 Å². The van der Waals surface area contributed by atoms with Gasteiger partial charge in [0.05, 0.1) is 0 Å². The molecule has 0 aliphatic carbocycles. The molecule has 2 heterocycles. The number of hydrogen-bond donors (Lipinski definition) is 0. The quantitative estimate of drug-likeness (QED) is 0.633. The molecule has 1 aliphatic rings. The Morgan fingerprint density at radius 2 is 1.71 bits per heavy atom. The number of ether oxygens (including phenoxy) is 2. The molecule has 21 heavy (non-hydrogen) atoms. The second-order valence-electron chi connectivity index (χ2n) is 6.27. The molecule has 1 aromatic heterocycles. The highest BCUT2D eigenvalue weighted by Crippen LogP contribution is 2.42. The number of hydrogen-bond acceptors (Lipinski definition) is 5. The Balaban J connectivity index is 2.48. The molecular weight excluding hydrogens is 272 g/mol. The monoisotopic (exact) mass is 294 g/mol.